The highest BCUT2D eigenvalue weighted by molar-refractivity contribution is 9.11. The minimum absolute atomic E-state index is 0.00345. The Morgan fingerprint density at radius 2 is 2.11 bits per heavy atom. The van der Waals surface area contributed by atoms with Crippen molar-refractivity contribution in [2.75, 3.05) is 6.61 Å². The fourth-order valence-corrected chi connectivity index (χ4v) is 4.19. The molecular formula is C14H17Br2ClO. The lowest BCUT2D eigenvalue weighted by Gasteiger charge is -2.23. The van der Waals surface area contributed by atoms with E-state index in [1.165, 1.54) is 5.56 Å². The van der Waals surface area contributed by atoms with Crippen LogP contribution in [0.25, 0.3) is 0 Å². The van der Waals surface area contributed by atoms with Crippen molar-refractivity contribution in [1.82, 2.24) is 0 Å². The first-order valence-electron chi connectivity index (χ1n) is 6.25. The molecular weight excluding hydrogens is 379 g/mol. The van der Waals surface area contributed by atoms with Crippen LogP contribution in [0.1, 0.15) is 36.3 Å². The van der Waals surface area contributed by atoms with Gasteiger partial charge in [-0.1, -0.05) is 38.8 Å². The maximum atomic E-state index is 6.68. The average molecular weight is 397 g/mol. The zero-order chi connectivity index (χ0) is 13.3. The summed E-state index contributed by atoms with van der Waals surface area (Å²) in [5.74, 6) is 0.405. The molecule has 0 radical (unpaired) electrons. The summed E-state index contributed by atoms with van der Waals surface area (Å²) in [4.78, 5) is 0. The summed E-state index contributed by atoms with van der Waals surface area (Å²) in [5.41, 5.74) is 2.37. The Labute approximate surface area is 130 Å². The number of hydrogen-bond acceptors (Lipinski definition) is 1. The highest BCUT2D eigenvalue weighted by Crippen LogP contribution is 2.42. The molecule has 1 heterocycles. The molecule has 0 amide bonds. The quantitative estimate of drug-likeness (QED) is 0.603. The van der Waals surface area contributed by atoms with Crippen molar-refractivity contribution >= 4 is 43.5 Å². The Bertz CT molecular complexity index is 436. The molecule has 1 aromatic carbocycles. The van der Waals surface area contributed by atoms with Crippen LogP contribution in [0.2, 0.25) is 0 Å². The average Bonchev–Trinajstić information content (AvgIpc) is 2.81. The van der Waals surface area contributed by atoms with E-state index in [1.54, 1.807) is 0 Å². The molecule has 1 nitrogen and oxygen atoms in total. The van der Waals surface area contributed by atoms with Crippen molar-refractivity contribution < 1.29 is 4.74 Å². The van der Waals surface area contributed by atoms with Gasteiger partial charge < -0.3 is 4.74 Å². The smallest absolute Gasteiger partial charge is 0.0650 e. The predicted molar refractivity (Wildman–Crippen MR) is 83.3 cm³/mol. The SMILES string of the molecule is CCC1OCCC1C(Cl)c1cc(Br)c(C)cc1Br. The summed E-state index contributed by atoms with van der Waals surface area (Å²) >= 11 is 13.9. The number of hydrogen-bond donors (Lipinski definition) is 0. The first-order valence-corrected chi connectivity index (χ1v) is 8.28. The van der Waals surface area contributed by atoms with Gasteiger partial charge in [0.25, 0.3) is 0 Å². The minimum Gasteiger partial charge on any atom is -0.378 e. The molecule has 2 rings (SSSR count). The van der Waals surface area contributed by atoms with E-state index in [0.717, 1.165) is 34.0 Å². The standard InChI is InChI=1S/C14H17Br2ClO/c1-3-13-9(4-5-18-13)14(17)10-7-11(15)8(2)6-12(10)16/h6-7,9,13-14H,3-5H2,1-2H3. The molecule has 0 saturated carbocycles. The van der Waals surface area contributed by atoms with Gasteiger partial charge in [-0.05, 0) is 43.0 Å². The van der Waals surface area contributed by atoms with Gasteiger partial charge in [-0.3, -0.25) is 0 Å². The van der Waals surface area contributed by atoms with Gasteiger partial charge in [0.05, 0.1) is 11.5 Å². The predicted octanol–water partition coefficient (Wildman–Crippen LogP) is 5.62. The maximum Gasteiger partial charge on any atom is 0.0650 e. The molecule has 0 aliphatic carbocycles. The monoisotopic (exact) mass is 394 g/mol. The van der Waals surface area contributed by atoms with Crippen LogP contribution in [0.5, 0.6) is 0 Å². The van der Waals surface area contributed by atoms with Crippen molar-refractivity contribution in [3.63, 3.8) is 0 Å². The Kier molecular flexibility index (Phi) is 5.15. The molecule has 100 valence electrons. The lowest BCUT2D eigenvalue weighted by molar-refractivity contribution is 0.0864. The summed E-state index contributed by atoms with van der Waals surface area (Å²) in [7, 11) is 0. The summed E-state index contributed by atoms with van der Waals surface area (Å²) in [6.07, 6.45) is 2.36. The van der Waals surface area contributed by atoms with Crippen LogP contribution in [0.4, 0.5) is 0 Å². The highest BCUT2D eigenvalue weighted by Gasteiger charge is 2.34. The van der Waals surface area contributed by atoms with E-state index < -0.39 is 0 Å². The number of rotatable bonds is 3. The van der Waals surface area contributed by atoms with Crippen LogP contribution in [-0.4, -0.2) is 12.7 Å². The van der Waals surface area contributed by atoms with E-state index in [2.05, 4.69) is 57.8 Å². The number of aryl methyl sites for hydroxylation is 1. The van der Waals surface area contributed by atoms with Crippen molar-refractivity contribution in [2.24, 2.45) is 5.92 Å². The fraction of sp³-hybridized carbons (Fsp3) is 0.571. The van der Waals surface area contributed by atoms with Gasteiger partial charge in [-0.2, -0.15) is 0 Å². The second kappa shape index (κ2) is 6.25. The van der Waals surface area contributed by atoms with Gasteiger partial charge in [-0.25, -0.2) is 0 Å². The molecule has 1 aliphatic heterocycles. The normalized spacial score (nSPS) is 25.4. The van der Waals surface area contributed by atoms with Crippen molar-refractivity contribution in [3.05, 3.63) is 32.2 Å². The lowest BCUT2D eigenvalue weighted by atomic mass is 9.91. The Balaban J connectivity index is 2.28. The van der Waals surface area contributed by atoms with E-state index in [1.807, 2.05) is 0 Å². The minimum atomic E-state index is 0.00345. The third-order valence-corrected chi connectivity index (χ3v) is 5.71. The van der Waals surface area contributed by atoms with Crippen LogP contribution in [0.15, 0.2) is 21.1 Å². The second-order valence-electron chi connectivity index (χ2n) is 4.79. The van der Waals surface area contributed by atoms with Crippen molar-refractivity contribution in [2.45, 2.75) is 38.2 Å². The van der Waals surface area contributed by atoms with Crippen molar-refractivity contribution in [1.29, 1.82) is 0 Å². The zero-order valence-corrected chi connectivity index (χ0v) is 14.5. The molecule has 18 heavy (non-hydrogen) atoms. The Hall–Kier alpha value is 0.430. The number of halogens is 3. The van der Waals surface area contributed by atoms with Crippen molar-refractivity contribution in [3.8, 4) is 0 Å². The maximum absolute atomic E-state index is 6.68. The van der Waals surface area contributed by atoms with Crippen LogP contribution >= 0.6 is 43.5 Å². The largest absolute Gasteiger partial charge is 0.378 e. The molecule has 4 heteroatoms. The van der Waals surface area contributed by atoms with Crippen LogP contribution in [0.3, 0.4) is 0 Å². The molecule has 1 aliphatic rings. The van der Waals surface area contributed by atoms with E-state index in [0.29, 0.717) is 12.0 Å². The molecule has 1 aromatic rings. The van der Waals surface area contributed by atoms with Crippen LogP contribution in [0, 0.1) is 12.8 Å². The van der Waals surface area contributed by atoms with Crippen LogP contribution in [-0.2, 0) is 4.74 Å². The number of ether oxygens (including phenoxy) is 1. The Morgan fingerprint density at radius 3 is 2.78 bits per heavy atom. The summed E-state index contributed by atoms with van der Waals surface area (Å²) < 4.78 is 7.94. The number of benzene rings is 1. The first-order chi connectivity index (χ1) is 8.54. The summed E-state index contributed by atoms with van der Waals surface area (Å²) in [5, 5.41) is 0.00345. The third-order valence-electron chi connectivity index (χ3n) is 3.61. The first kappa shape index (κ1) is 14.8. The molecule has 3 unspecified atom stereocenters. The molecule has 0 spiro atoms. The van der Waals surface area contributed by atoms with E-state index >= 15 is 0 Å². The van der Waals surface area contributed by atoms with Gasteiger partial charge in [0, 0.05) is 21.5 Å². The van der Waals surface area contributed by atoms with Gasteiger partial charge >= 0.3 is 0 Å². The third kappa shape index (κ3) is 2.95. The molecule has 3 atom stereocenters. The topological polar surface area (TPSA) is 9.23 Å². The molecule has 1 fully saturated rings. The molecule has 0 N–H and O–H groups in total. The molecule has 0 aromatic heterocycles. The van der Waals surface area contributed by atoms with E-state index in [-0.39, 0.29) is 5.38 Å². The molecule has 0 bridgehead atoms. The van der Waals surface area contributed by atoms with Gasteiger partial charge in [-0.15, -0.1) is 11.6 Å². The molecule has 1 saturated heterocycles. The van der Waals surface area contributed by atoms with E-state index in [9.17, 15) is 0 Å². The van der Waals surface area contributed by atoms with Crippen LogP contribution < -0.4 is 0 Å². The second-order valence-corrected chi connectivity index (χ2v) is 6.97. The fourth-order valence-electron chi connectivity index (χ4n) is 2.52. The van der Waals surface area contributed by atoms with E-state index in [4.69, 9.17) is 16.3 Å². The van der Waals surface area contributed by atoms with Gasteiger partial charge in [0.15, 0.2) is 0 Å². The highest BCUT2D eigenvalue weighted by atomic mass is 79.9. The summed E-state index contributed by atoms with van der Waals surface area (Å²) in [6.45, 7) is 5.07. The van der Waals surface area contributed by atoms with Gasteiger partial charge in [0.2, 0.25) is 0 Å². The lowest BCUT2D eigenvalue weighted by Crippen LogP contribution is -2.19. The van der Waals surface area contributed by atoms with Gasteiger partial charge in [0.1, 0.15) is 0 Å². The number of alkyl halides is 1. The Morgan fingerprint density at radius 1 is 1.39 bits per heavy atom. The zero-order valence-electron chi connectivity index (χ0n) is 10.6. The summed E-state index contributed by atoms with van der Waals surface area (Å²) in [6, 6.07) is 4.24.